The van der Waals surface area contributed by atoms with Gasteiger partial charge < -0.3 is 4.74 Å². The third-order valence-electron chi connectivity index (χ3n) is 2.86. The van der Waals surface area contributed by atoms with Gasteiger partial charge in [0.1, 0.15) is 0 Å². The number of carbonyl (C=O) groups excluding carboxylic acids is 1. The van der Waals surface area contributed by atoms with E-state index in [9.17, 15) is 18.0 Å². The highest BCUT2D eigenvalue weighted by Gasteiger charge is 2.30. The molecule has 0 aliphatic rings. The van der Waals surface area contributed by atoms with Crippen molar-refractivity contribution in [3.05, 3.63) is 59.7 Å². The normalized spacial score (nSPS) is 12.2. The summed E-state index contributed by atoms with van der Waals surface area (Å²) in [6.07, 6.45) is 4.25. The molecule has 0 heterocycles. The number of esters is 1. The van der Waals surface area contributed by atoms with Crippen molar-refractivity contribution in [1.82, 2.24) is 0 Å². The largest absolute Gasteiger partial charge is 0.463 e. The van der Waals surface area contributed by atoms with Crippen molar-refractivity contribution < 1.29 is 22.7 Å². The summed E-state index contributed by atoms with van der Waals surface area (Å²) in [5.41, 5.74) is 0.0585. The summed E-state index contributed by atoms with van der Waals surface area (Å²) >= 11 is 0. The number of benzene rings is 1. The molecule has 0 N–H and O–H groups in total. The third-order valence-corrected chi connectivity index (χ3v) is 2.86. The van der Waals surface area contributed by atoms with Gasteiger partial charge >= 0.3 is 12.1 Å². The highest BCUT2D eigenvalue weighted by atomic mass is 19.4. The number of halogens is 3. The van der Waals surface area contributed by atoms with Crippen LogP contribution < -0.4 is 0 Å². The molecule has 1 aromatic carbocycles. The molecule has 1 aromatic rings. The molecule has 0 fully saturated rings. The van der Waals surface area contributed by atoms with Gasteiger partial charge in [0.25, 0.3) is 0 Å². The number of aryl methyl sites for hydroxylation is 1. The molecule has 0 aliphatic carbocycles. The van der Waals surface area contributed by atoms with Gasteiger partial charge in [0.05, 0.1) is 12.2 Å². The van der Waals surface area contributed by atoms with Crippen LogP contribution in [0, 0.1) is 0 Å². The van der Waals surface area contributed by atoms with Crippen LogP contribution in [0.1, 0.15) is 30.9 Å². The number of hydrogen-bond acceptors (Lipinski definition) is 2. The topological polar surface area (TPSA) is 26.3 Å². The van der Waals surface area contributed by atoms with Crippen molar-refractivity contribution in [2.24, 2.45) is 0 Å². The molecule has 2 nitrogen and oxygen atoms in total. The zero-order valence-electron chi connectivity index (χ0n) is 12.4. The molecule has 0 amide bonds. The van der Waals surface area contributed by atoms with E-state index in [0.29, 0.717) is 18.6 Å². The monoisotopic (exact) mass is 312 g/mol. The van der Waals surface area contributed by atoms with Gasteiger partial charge in [0, 0.05) is 6.08 Å². The zero-order valence-corrected chi connectivity index (χ0v) is 12.4. The third kappa shape index (κ3) is 7.11. The standard InChI is InChI=1S/C17H19F3O2/c1-2-22-16(21)12-7-5-3-4-6-9-14-10-8-11-15(13-14)17(18,19)20/h3,5,7-8,10-13H,2,4,6,9H2,1H3. The van der Waals surface area contributed by atoms with Gasteiger partial charge in [0.2, 0.25) is 0 Å². The molecule has 0 radical (unpaired) electrons. The maximum absolute atomic E-state index is 12.6. The average Bonchev–Trinajstić information content (AvgIpc) is 2.46. The van der Waals surface area contributed by atoms with Crippen LogP contribution in [0.25, 0.3) is 0 Å². The van der Waals surface area contributed by atoms with Gasteiger partial charge in [-0.3, -0.25) is 0 Å². The second kappa shape index (κ2) is 9.07. The lowest BCUT2D eigenvalue weighted by molar-refractivity contribution is -0.138. The Morgan fingerprint density at radius 3 is 2.73 bits per heavy atom. The quantitative estimate of drug-likeness (QED) is 0.316. The van der Waals surface area contributed by atoms with Crippen molar-refractivity contribution >= 4 is 5.97 Å². The smallest absolute Gasteiger partial charge is 0.416 e. The first kappa shape index (κ1) is 18.0. The number of allylic oxidation sites excluding steroid dienone is 3. The molecule has 0 atom stereocenters. The van der Waals surface area contributed by atoms with E-state index in [1.807, 2.05) is 6.08 Å². The second-order valence-electron chi connectivity index (χ2n) is 4.63. The van der Waals surface area contributed by atoms with Gasteiger partial charge in [-0.1, -0.05) is 36.4 Å². The van der Waals surface area contributed by atoms with Crippen LogP contribution in [0.15, 0.2) is 48.6 Å². The van der Waals surface area contributed by atoms with Crippen LogP contribution in [0.4, 0.5) is 13.2 Å². The second-order valence-corrected chi connectivity index (χ2v) is 4.63. The molecule has 0 aromatic heterocycles. The minimum absolute atomic E-state index is 0.337. The molecule has 0 aliphatic heterocycles. The fraction of sp³-hybridized carbons (Fsp3) is 0.353. The first-order valence-corrected chi connectivity index (χ1v) is 7.09. The molecule has 0 unspecified atom stereocenters. The lowest BCUT2D eigenvalue weighted by Crippen LogP contribution is -2.05. The number of unbranched alkanes of at least 4 members (excludes halogenated alkanes) is 1. The van der Waals surface area contributed by atoms with Crippen LogP contribution in [0.2, 0.25) is 0 Å². The van der Waals surface area contributed by atoms with Crippen molar-refractivity contribution in [3.8, 4) is 0 Å². The fourth-order valence-corrected chi connectivity index (χ4v) is 1.83. The van der Waals surface area contributed by atoms with Crippen LogP contribution in [0.3, 0.4) is 0 Å². The summed E-state index contributed by atoms with van der Waals surface area (Å²) < 4.78 is 42.4. The lowest BCUT2D eigenvalue weighted by atomic mass is 10.0. The minimum atomic E-state index is -4.30. The highest BCUT2D eigenvalue weighted by molar-refractivity contribution is 5.82. The van der Waals surface area contributed by atoms with E-state index < -0.39 is 17.7 Å². The van der Waals surface area contributed by atoms with E-state index in [1.54, 1.807) is 25.1 Å². The Morgan fingerprint density at radius 2 is 2.05 bits per heavy atom. The van der Waals surface area contributed by atoms with Gasteiger partial charge in [-0.05, 0) is 37.8 Å². The van der Waals surface area contributed by atoms with Crippen LogP contribution in [-0.4, -0.2) is 12.6 Å². The first-order chi connectivity index (χ1) is 10.4. The average molecular weight is 312 g/mol. The van der Waals surface area contributed by atoms with E-state index in [2.05, 4.69) is 0 Å². The number of rotatable bonds is 7. The summed E-state index contributed by atoms with van der Waals surface area (Å²) in [6, 6.07) is 5.38. The summed E-state index contributed by atoms with van der Waals surface area (Å²) in [5, 5.41) is 0. The Bertz CT molecular complexity index is 531. The molecule has 120 valence electrons. The first-order valence-electron chi connectivity index (χ1n) is 7.09. The Morgan fingerprint density at radius 1 is 1.27 bits per heavy atom. The van der Waals surface area contributed by atoms with Crippen molar-refractivity contribution in [2.45, 2.75) is 32.4 Å². The van der Waals surface area contributed by atoms with Crippen LogP contribution in [0.5, 0.6) is 0 Å². The Balaban J connectivity index is 2.35. The molecule has 5 heteroatoms. The maximum Gasteiger partial charge on any atom is 0.416 e. The molecule has 22 heavy (non-hydrogen) atoms. The van der Waals surface area contributed by atoms with Crippen LogP contribution >= 0.6 is 0 Å². The highest BCUT2D eigenvalue weighted by Crippen LogP contribution is 2.29. The van der Waals surface area contributed by atoms with E-state index in [0.717, 1.165) is 18.9 Å². The van der Waals surface area contributed by atoms with E-state index >= 15 is 0 Å². The SMILES string of the molecule is CCOC(=O)C=CC=CCCCc1cccc(C(F)(F)F)c1. The zero-order chi connectivity index (χ0) is 16.4. The molecule has 0 saturated carbocycles. The van der Waals surface area contributed by atoms with Gasteiger partial charge in [-0.25, -0.2) is 4.79 Å². The summed E-state index contributed by atoms with van der Waals surface area (Å²) in [5.74, 6) is -0.392. The number of carbonyl (C=O) groups is 1. The number of alkyl halides is 3. The Kier molecular flexibility index (Phi) is 7.43. The number of ether oxygens (including phenoxy) is 1. The summed E-state index contributed by atoms with van der Waals surface area (Å²) in [6.45, 7) is 2.07. The minimum Gasteiger partial charge on any atom is -0.463 e. The van der Waals surface area contributed by atoms with E-state index in [-0.39, 0.29) is 0 Å². The van der Waals surface area contributed by atoms with Crippen LogP contribution in [-0.2, 0) is 22.1 Å². The summed E-state index contributed by atoms with van der Waals surface area (Å²) in [4.78, 5) is 11.0. The van der Waals surface area contributed by atoms with Crippen molar-refractivity contribution in [2.75, 3.05) is 6.61 Å². The fourth-order valence-electron chi connectivity index (χ4n) is 1.83. The van der Waals surface area contributed by atoms with Gasteiger partial charge in [-0.2, -0.15) is 13.2 Å². The van der Waals surface area contributed by atoms with E-state index in [4.69, 9.17) is 4.74 Å². The molecule has 0 spiro atoms. The van der Waals surface area contributed by atoms with E-state index in [1.165, 1.54) is 18.2 Å². The molecular weight excluding hydrogens is 293 g/mol. The lowest BCUT2D eigenvalue weighted by Gasteiger charge is -2.08. The molecule has 1 rings (SSSR count). The summed E-state index contributed by atoms with van der Waals surface area (Å²) in [7, 11) is 0. The predicted octanol–water partition coefficient (Wildman–Crippen LogP) is 4.70. The Hall–Kier alpha value is -2.04. The molecular formula is C17H19F3O2. The van der Waals surface area contributed by atoms with Gasteiger partial charge in [-0.15, -0.1) is 0 Å². The van der Waals surface area contributed by atoms with Gasteiger partial charge in [0.15, 0.2) is 0 Å². The van der Waals surface area contributed by atoms with Crippen molar-refractivity contribution in [3.63, 3.8) is 0 Å². The maximum atomic E-state index is 12.6. The Labute approximate surface area is 128 Å². The van der Waals surface area contributed by atoms with Crippen molar-refractivity contribution in [1.29, 1.82) is 0 Å². The predicted molar refractivity (Wildman–Crippen MR) is 79.3 cm³/mol. The molecule has 0 bridgehead atoms. The number of hydrogen-bond donors (Lipinski definition) is 0. The molecule has 0 saturated heterocycles.